The lowest BCUT2D eigenvalue weighted by Crippen LogP contribution is -2.28. The summed E-state index contributed by atoms with van der Waals surface area (Å²) in [6.45, 7) is 2.06. The number of carboxylic acids is 1. The molecule has 0 radical (unpaired) electrons. The summed E-state index contributed by atoms with van der Waals surface area (Å²) >= 11 is 6.34. The van der Waals surface area contributed by atoms with Crippen molar-refractivity contribution in [1.82, 2.24) is 20.3 Å². The van der Waals surface area contributed by atoms with E-state index in [2.05, 4.69) is 27.2 Å². The third-order valence-electron chi connectivity index (χ3n) is 6.41. The molecule has 7 nitrogen and oxygen atoms in total. The number of aromatic nitrogens is 3. The van der Waals surface area contributed by atoms with Gasteiger partial charge in [0.25, 0.3) is 5.91 Å². The second-order valence-electron chi connectivity index (χ2n) is 8.96. The number of benzene rings is 3. The number of nitrogens with zero attached hydrogens (tertiary/aromatic N) is 2. The molecule has 0 aliphatic rings. The number of nitrogens with one attached hydrogen (secondary N) is 2. The van der Waals surface area contributed by atoms with E-state index in [0.29, 0.717) is 33.1 Å². The fourth-order valence-corrected chi connectivity index (χ4v) is 4.74. The highest BCUT2D eigenvalue weighted by Crippen LogP contribution is 2.36. The van der Waals surface area contributed by atoms with Crippen LogP contribution in [0.5, 0.6) is 0 Å². The van der Waals surface area contributed by atoms with Gasteiger partial charge in [-0.25, -0.2) is 9.78 Å². The van der Waals surface area contributed by atoms with Gasteiger partial charge in [0, 0.05) is 22.3 Å². The molecule has 1 unspecified atom stereocenters. The van der Waals surface area contributed by atoms with Crippen molar-refractivity contribution < 1.29 is 14.7 Å². The first-order valence-electron chi connectivity index (χ1n) is 12.3. The molecule has 38 heavy (non-hydrogen) atoms. The second-order valence-corrected chi connectivity index (χ2v) is 9.40. The van der Waals surface area contributed by atoms with Crippen molar-refractivity contribution in [1.29, 1.82) is 0 Å². The summed E-state index contributed by atoms with van der Waals surface area (Å²) in [5.41, 5.74) is 4.45. The zero-order valence-electron chi connectivity index (χ0n) is 20.6. The number of H-pyrrole nitrogens is 1. The van der Waals surface area contributed by atoms with Crippen molar-refractivity contribution in [3.63, 3.8) is 0 Å². The lowest BCUT2D eigenvalue weighted by Gasteiger charge is -2.19. The molecule has 190 valence electrons. The lowest BCUT2D eigenvalue weighted by atomic mass is 9.93. The molecular weight excluding hydrogens is 500 g/mol. The summed E-state index contributed by atoms with van der Waals surface area (Å²) in [7, 11) is 0. The van der Waals surface area contributed by atoms with Crippen LogP contribution in [0.3, 0.4) is 0 Å². The second kappa shape index (κ2) is 10.9. The maximum Gasteiger partial charge on any atom is 0.336 e. The summed E-state index contributed by atoms with van der Waals surface area (Å²) < 4.78 is 0. The molecule has 1 atom stereocenters. The molecule has 2 aromatic heterocycles. The van der Waals surface area contributed by atoms with Crippen molar-refractivity contribution in [3.8, 4) is 22.5 Å². The topological polar surface area (TPSA) is 108 Å². The van der Waals surface area contributed by atoms with Crippen LogP contribution in [0.1, 0.15) is 52.1 Å². The minimum absolute atomic E-state index is 0.00861. The average Bonchev–Trinajstić information content (AvgIpc) is 3.37. The average molecular weight is 525 g/mol. The number of imidazole rings is 1. The van der Waals surface area contributed by atoms with Crippen LogP contribution >= 0.6 is 11.6 Å². The third-order valence-corrected chi connectivity index (χ3v) is 6.64. The van der Waals surface area contributed by atoms with Crippen LogP contribution in [-0.4, -0.2) is 31.9 Å². The number of rotatable bonds is 8. The highest BCUT2D eigenvalue weighted by molar-refractivity contribution is 6.31. The first kappa shape index (κ1) is 25.2. The Morgan fingerprint density at radius 2 is 1.79 bits per heavy atom. The molecule has 2 heterocycles. The maximum absolute atomic E-state index is 13.2. The van der Waals surface area contributed by atoms with Crippen molar-refractivity contribution in [3.05, 3.63) is 107 Å². The normalized spacial score (nSPS) is 11.8. The molecule has 1 amide bonds. The Kier molecular flexibility index (Phi) is 7.20. The number of hydrogen-bond donors (Lipinski definition) is 3. The molecule has 0 saturated carbocycles. The molecule has 3 N–H and O–H groups in total. The van der Waals surface area contributed by atoms with E-state index >= 15 is 0 Å². The summed E-state index contributed by atoms with van der Waals surface area (Å²) in [6.07, 6.45) is 4.97. The molecule has 5 rings (SSSR count). The molecule has 0 aliphatic carbocycles. The molecule has 3 aromatic carbocycles. The van der Waals surface area contributed by atoms with Crippen molar-refractivity contribution in [2.45, 2.75) is 25.8 Å². The Hall–Kier alpha value is -4.49. The van der Waals surface area contributed by atoms with Gasteiger partial charge in [0.15, 0.2) is 0 Å². The quantitative estimate of drug-likeness (QED) is 0.204. The van der Waals surface area contributed by atoms with Gasteiger partial charge < -0.3 is 15.4 Å². The maximum atomic E-state index is 13.2. The third kappa shape index (κ3) is 5.14. The zero-order valence-corrected chi connectivity index (χ0v) is 21.4. The van der Waals surface area contributed by atoms with E-state index in [1.807, 2.05) is 36.4 Å². The number of aromatic carboxylic acids is 1. The predicted octanol–water partition coefficient (Wildman–Crippen LogP) is 6.91. The number of carbonyl (C=O) groups excluding carboxylic acids is 1. The van der Waals surface area contributed by atoms with Gasteiger partial charge in [0.2, 0.25) is 0 Å². The smallest absolute Gasteiger partial charge is 0.336 e. The Morgan fingerprint density at radius 1 is 1.00 bits per heavy atom. The SMILES string of the molecule is CCCC(NC(=O)c1ccc(-c2cc(Cl)ccc2-c2nc3cnccc3[nH]2)c(C(=O)O)c1)c1ccccc1. The summed E-state index contributed by atoms with van der Waals surface area (Å²) in [5.74, 6) is -0.928. The summed E-state index contributed by atoms with van der Waals surface area (Å²) in [6, 6.07) is 21.3. The van der Waals surface area contributed by atoms with E-state index < -0.39 is 5.97 Å². The van der Waals surface area contributed by atoms with Gasteiger partial charge in [-0.1, -0.05) is 61.3 Å². The van der Waals surface area contributed by atoms with Crippen LogP contribution in [0.2, 0.25) is 5.02 Å². The van der Waals surface area contributed by atoms with Crippen LogP contribution in [-0.2, 0) is 0 Å². The van der Waals surface area contributed by atoms with Gasteiger partial charge in [-0.2, -0.15) is 0 Å². The van der Waals surface area contributed by atoms with E-state index in [9.17, 15) is 14.7 Å². The molecule has 0 bridgehead atoms. The minimum atomic E-state index is -1.15. The standard InChI is InChI=1S/C30H25ClN4O3/c1-2-6-25(18-7-4-3-5-8-18)35-29(36)19-9-11-21(24(15-19)30(37)38)23-16-20(31)10-12-22(23)28-33-26-13-14-32-17-27(26)34-28/h3-5,7-17,25H,2,6H2,1H3,(H,33,34)(H,35,36)(H,37,38). The fourth-order valence-electron chi connectivity index (χ4n) is 4.57. The summed E-state index contributed by atoms with van der Waals surface area (Å²) in [5, 5.41) is 13.6. The molecule has 8 heteroatoms. The first-order chi connectivity index (χ1) is 18.4. The zero-order chi connectivity index (χ0) is 26.6. The van der Waals surface area contributed by atoms with Gasteiger partial charge in [0.1, 0.15) is 11.3 Å². The monoisotopic (exact) mass is 524 g/mol. The van der Waals surface area contributed by atoms with Gasteiger partial charge in [-0.05, 0) is 59.5 Å². The number of aromatic amines is 1. The van der Waals surface area contributed by atoms with Crippen LogP contribution in [0.4, 0.5) is 0 Å². The number of carbonyl (C=O) groups is 2. The number of hydrogen-bond acceptors (Lipinski definition) is 4. The van der Waals surface area contributed by atoms with Gasteiger partial charge in [-0.15, -0.1) is 0 Å². The minimum Gasteiger partial charge on any atom is -0.478 e. The molecule has 5 aromatic rings. The fraction of sp³-hybridized carbons (Fsp3) is 0.133. The van der Waals surface area contributed by atoms with E-state index in [1.54, 1.807) is 42.7 Å². The molecular formula is C30H25ClN4O3. The molecule has 0 spiro atoms. The predicted molar refractivity (Wildman–Crippen MR) is 148 cm³/mol. The van der Waals surface area contributed by atoms with Crippen molar-refractivity contribution in [2.75, 3.05) is 0 Å². The van der Waals surface area contributed by atoms with E-state index in [-0.39, 0.29) is 23.1 Å². The molecule has 0 saturated heterocycles. The van der Waals surface area contributed by atoms with Crippen LogP contribution < -0.4 is 5.32 Å². The number of amides is 1. The van der Waals surface area contributed by atoms with Gasteiger partial charge in [-0.3, -0.25) is 9.78 Å². The van der Waals surface area contributed by atoms with Gasteiger partial charge in [0.05, 0.1) is 23.3 Å². The van der Waals surface area contributed by atoms with Crippen molar-refractivity contribution >= 4 is 34.5 Å². The molecule has 0 fully saturated rings. The number of fused-ring (bicyclic) bond motifs is 1. The number of pyridine rings is 1. The first-order valence-corrected chi connectivity index (χ1v) is 12.7. The number of carboxylic acid groups (broad SMARTS) is 1. The number of halogens is 1. The Labute approximate surface area is 224 Å². The highest BCUT2D eigenvalue weighted by Gasteiger charge is 2.21. The largest absolute Gasteiger partial charge is 0.478 e. The van der Waals surface area contributed by atoms with Crippen LogP contribution in [0.15, 0.2) is 85.2 Å². The van der Waals surface area contributed by atoms with Crippen LogP contribution in [0, 0.1) is 0 Å². The van der Waals surface area contributed by atoms with Gasteiger partial charge >= 0.3 is 5.97 Å². The Bertz CT molecular complexity index is 1600. The highest BCUT2D eigenvalue weighted by atomic mass is 35.5. The Balaban J connectivity index is 1.54. The van der Waals surface area contributed by atoms with E-state index in [4.69, 9.17) is 11.6 Å². The lowest BCUT2D eigenvalue weighted by molar-refractivity contribution is 0.0697. The Morgan fingerprint density at radius 3 is 2.53 bits per heavy atom. The van der Waals surface area contributed by atoms with Crippen molar-refractivity contribution in [2.24, 2.45) is 0 Å². The summed E-state index contributed by atoms with van der Waals surface area (Å²) in [4.78, 5) is 37.6. The van der Waals surface area contributed by atoms with Crippen LogP contribution in [0.25, 0.3) is 33.5 Å². The molecule has 0 aliphatic heterocycles. The van der Waals surface area contributed by atoms with E-state index in [0.717, 1.165) is 23.9 Å². The van der Waals surface area contributed by atoms with E-state index in [1.165, 1.54) is 6.07 Å².